The van der Waals surface area contributed by atoms with Gasteiger partial charge in [0.25, 0.3) is 0 Å². The summed E-state index contributed by atoms with van der Waals surface area (Å²) in [6.07, 6.45) is 3.83. The maximum absolute atomic E-state index is 11.7. The molecule has 1 N–H and O–H groups in total. The molecule has 2 aromatic rings. The van der Waals surface area contributed by atoms with Crippen LogP contribution < -0.4 is 5.76 Å². The van der Waals surface area contributed by atoms with Gasteiger partial charge in [-0.25, -0.2) is 4.79 Å². The molecular formula is C15H18N2O3. The summed E-state index contributed by atoms with van der Waals surface area (Å²) in [6, 6.07) is 10.0. The maximum atomic E-state index is 11.7. The molecule has 0 amide bonds. The van der Waals surface area contributed by atoms with Gasteiger partial charge in [0.2, 0.25) is 5.89 Å². The highest BCUT2D eigenvalue weighted by atomic mass is 16.4. The summed E-state index contributed by atoms with van der Waals surface area (Å²) in [7, 11) is 0. The standard InChI is InChI=1S/C15H18N2O3/c18-14-17(11-15(19)9-4-10-15)16-13(20-14)8-7-12-5-2-1-3-6-12/h1-3,5-6,19H,4,7-11H2. The predicted molar refractivity (Wildman–Crippen MR) is 73.4 cm³/mol. The fourth-order valence-electron chi connectivity index (χ4n) is 2.47. The molecule has 0 unspecified atom stereocenters. The van der Waals surface area contributed by atoms with Crippen molar-refractivity contribution in [3.8, 4) is 0 Å². The first kappa shape index (κ1) is 13.1. The Kier molecular flexibility index (Phi) is 3.44. The molecule has 0 spiro atoms. The number of hydrogen-bond donors (Lipinski definition) is 1. The number of aromatic nitrogens is 2. The van der Waals surface area contributed by atoms with Crippen LogP contribution in [0.25, 0.3) is 0 Å². The zero-order chi connectivity index (χ0) is 14.0. The second kappa shape index (κ2) is 5.25. The number of aliphatic hydroxyl groups is 1. The van der Waals surface area contributed by atoms with Gasteiger partial charge >= 0.3 is 5.76 Å². The largest absolute Gasteiger partial charge is 0.437 e. The zero-order valence-corrected chi connectivity index (χ0v) is 11.3. The molecule has 0 bridgehead atoms. The predicted octanol–water partition coefficient (Wildman–Crippen LogP) is 1.54. The minimum absolute atomic E-state index is 0.237. The van der Waals surface area contributed by atoms with Crippen LogP contribution >= 0.6 is 0 Å². The third kappa shape index (κ3) is 2.82. The van der Waals surface area contributed by atoms with Gasteiger partial charge in [-0.15, -0.1) is 5.10 Å². The van der Waals surface area contributed by atoms with Crippen LogP contribution in [-0.2, 0) is 19.4 Å². The second-order valence-corrected chi connectivity index (χ2v) is 5.48. The lowest BCUT2D eigenvalue weighted by atomic mass is 9.80. The highest BCUT2D eigenvalue weighted by Crippen LogP contribution is 2.32. The summed E-state index contributed by atoms with van der Waals surface area (Å²) in [5, 5.41) is 14.2. The smallest absolute Gasteiger partial charge is 0.392 e. The van der Waals surface area contributed by atoms with E-state index in [4.69, 9.17) is 4.42 Å². The van der Waals surface area contributed by atoms with Gasteiger partial charge in [-0.1, -0.05) is 30.3 Å². The van der Waals surface area contributed by atoms with Gasteiger partial charge in [0.1, 0.15) is 0 Å². The Labute approximate surface area is 116 Å². The molecular weight excluding hydrogens is 256 g/mol. The first-order chi connectivity index (χ1) is 9.65. The lowest BCUT2D eigenvalue weighted by molar-refractivity contribution is -0.0511. The van der Waals surface area contributed by atoms with Crippen LogP contribution in [0.1, 0.15) is 30.7 Å². The van der Waals surface area contributed by atoms with E-state index in [0.29, 0.717) is 12.3 Å². The highest BCUT2D eigenvalue weighted by Gasteiger charge is 2.36. The summed E-state index contributed by atoms with van der Waals surface area (Å²) in [5.74, 6) is -0.0461. The van der Waals surface area contributed by atoms with E-state index in [0.717, 1.165) is 25.7 Å². The number of rotatable bonds is 5. The summed E-state index contributed by atoms with van der Waals surface area (Å²) in [6.45, 7) is 0.237. The van der Waals surface area contributed by atoms with Gasteiger partial charge in [0.05, 0.1) is 12.1 Å². The quantitative estimate of drug-likeness (QED) is 0.898. The van der Waals surface area contributed by atoms with Crippen LogP contribution in [0.15, 0.2) is 39.5 Å². The van der Waals surface area contributed by atoms with Crippen molar-refractivity contribution in [2.75, 3.05) is 0 Å². The van der Waals surface area contributed by atoms with Crippen molar-refractivity contribution in [1.82, 2.24) is 9.78 Å². The van der Waals surface area contributed by atoms with E-state index in [1.165, 1.54) is 10.2 Å². The van der Waals surface area contributed by atoms with E-state index in [1.54, 1.807) is 0 Å². The topological polar surface area (TPSA) is 68.3 Å². The van der Waals surface area contributed by atoms with Crippen LogP contribution in [-0.4, -0.2) is 20.5 Å². The van der Waals surface area contributed by atoms with Crippen molar-refractivity contribution in [2.24, 2.45) is 0 Å². The third-order valence-corrected chi connectivity index (χ3v) is 3.85. The van der Waals surface area contributed by atoms with Crippen LogP contribution in [0.4, 0.5) is 0 Å². The molecule has 3 rings (SSSR count). The van der Waals surface area contributed by atoms with Crippen LogP contribution in [0, 0.1) is 0 Å². The summed E-state index contributed by atoms with van der Waals surface area (Å²) in [4.78, 5) is 11.7. The van der Waals surface area contributed by atoms with Crippen LogP contribution in [0.5, 0.6) is 0 Å². The molecule has 0 saturated heterocycles. The van der Waals surface area contributed by atoms with E-state index in [9.17, 15) is 9.90 Å². The van der Waals surface area contributed by atoms with E-state index in [-0.39, 0.29) is 6.54 Å². The lowest BCUT2D eigenvalue weighted by Gasteiger charge is -2.35. The zero-order valence-electron chi connectivity index (χ0n) is 11.3. The van der Waals surface area contributed by atoms with Crippen molar-refractivity contribution in [3.63, 3.8) is 0 Å². The number of nitrogens with zero attached hydrogens (tertiary/aromatic N) is 2. The molecule has 5 nitrogen and oxygen atoms in total. The highest BCUT2D eigenvalue weighted by molar-refractivity contribution is 5.15. The Morgan fingerprint density at radius 2 is 2.00 bits per heavy atom. The molecule has 106 valence electrons. The molecule has 0 atom stereocenters. The Morgan fingerprint density at radius 3 is 2.65 bits per heavy atom. The summed E-state index contributed by atoms with van der Waals surface area (Å²) < 4.78 is 6.39. The average molecular weight is 274 g/mol. The Bertz CT molecular complexity index is 626. The normalized spacial score (nSPS) is 16.9. The van der Waals surface area contributed by atoms with Gasteiger partial charge in [-0.2, -0.15) is 4.68 Å². The molecule has 1 aliphatic carbocycles. The first-order valence-corrected chi connectivity index (χ1v) is 6.98. The van der Waals surface area contributed by atoms with Crippen molar-refractivity contribution in [3.05, 3.63) is 52.3 Å². The molecule has 0 radical (unpaired) electrons. The van der Waals surface area contributed by atoms with Gasteiger partial charge in [-0.05, 0) is 31.2 Å². The first-order valence-electron chi connectivity index (χ1n) is 6.98. The average Bonchev–Trinajstić information content (AvgIpc) is 2.76. The molecule has 0 aliphatic heterocycles. The van der Waals surface area contributed by atoms with Crippen molar-refractivity contribution >= 4 is 0 Å². The third-order valence-electron chi connectivity index (χ3n) is 3.85. The Morgan fingerprint density at radius 1 is 1.25 bits per heavy atom. The second-order valence-electron chi connectivity index (χ2n) is 5.48. The van der Waals surface area contributed by atoms with Crippen molar-refractivity contribution < 1.29 is 9.52 Å². The van der Waals surface area contributed by atoms with Gasteiger partial charge in [-0.3, -0.25) is 0 Å². The van der Waals surface area contributed by atoms with E-state index in [1.807, 2.05) is 30.3 Å². The van der Waals surface area contributed by atoms with E-state index < -0.39 is 11.4 Å². The van der Waals surface area contributed by atoms with Crippen molar-refractivity contribution in [1.29, 1.82) is 0 Å². The van der Waals surface area contributed by atoms with Gasteiger partial charge in [0, 0.05) is 6.42 Å². The molecule has 1 heterocycles. The summed E-state index contributed by atoms with van der Waals surface area (Å²) in [5.41, 5.74) is 0.416. The molecule has 1 aliphatic rings. The number of benzene rings is 1. The molecule has 1 fully saturated rings. The maximum Gasteiger partial charge on any atom is 0.437 e. The van der Waals surface area contributed by atoms with Gasteiger partial charge < -0.3 is 9.52 Å². The summed E-state index contributed by atoms with van der Waals surface area (Å²) >= 11 is 0. The minimum atomic E-state index is -0.766. The Balaban J connectivity index is 1.65. The number of hydrogen-bond acceptors (Lipinski definition) is 4. The van der Waals surface area contributed by atoms with Gasteiger partial charge in [0.15, 0.2) is 0 Å². The minimum Gasteiger partial charge on any atom is -0.392 e. The molecule has 1 saturated carbocycles. The van der Waals surface area contributed by atoms with Crippen LogP contribution in [0.3, 0.4) is 0 Å². The lowest BCUT2D eigenvalue weighted by Crippen LogP contribution is -2.43. The fraction of sp³-hybridized carbons (Fsp3) is 0.467. The van der Waals surface area contributed by atoms with Crippen LogP contribution in [0.2, 0.25) is 0 Å². The monoisotopic (exact) mass is 274 g/mol. The SMILES string of the molecule is O=c1oc(CCc2ccccc2)nn1CC1(O)CCC1. The molecule has 20 heavy (non-hydrogen) atoms. The Hall–Kier alpha value is -1.88. The number of aryl methyl sites for hydroxylation is 2. The molecule has 1 aromatic carbocycles. The fourth-order valence-corrected chi connectivity index (χ4v) is 2.47. The molecule has 1 aromatic heterocycles. The van der Waals surface area contributed by atoms with E-state index >= 15 is 0 Å². The van der Waals surface area contributed by atoms with E-state index in [2.05, 4.69) is 5.10 Å². The van der Waals surface area contributed by atoms with Crippen molar-refractivity contribution in [2.45, 2.75) is 44.2 Å². The molecule has 5 heteroatoms.